The van der Waals surface area contributed by atoms with E-state index < -0.39 is 0 Å². The van der Waals surface area contributed by atoms with E-state index in [-0.39, 0.29) is 11.3 Å². The number of nitrogens with one attached hydrogen (secondary N) is 1. The van der Waals surface area contributed by atoms with Gasteiger partial charge in [0.2, 0.25) is 0 Å². The zero-order valence-electron chi connectivity index (χ0n) is 17.8. The molecule has 0 aliphatic carbocycles. The van der Waals surface area contributed by atoms with E-state index in [9.17, 15) is 9.59 Å². The second-order valence-corrected chi connectivity index (χ2v) is 7.86. The number of carbonyl (C=O) groups is 1. The number of H-pyrrole nitrogens is 1. The molecule has 0 bridgehead atoms. The predicted octanol–water partition coefficient (Wildman–Crippen LogP) is 3.12. The SMILES string of the molecule is CCCCOc1cc(/C=c2\s/c(=C\C(=O)c3ccc(OC)cc3)[nH]c2=O)ccc1OC. The van der Waals surface area contributed by atoms with Crippen molar-refractivity contribution in [2.75, 3.05) is 20.8 Å². The fourth-order valence-electron chi connectivity index (χ4n) is 2.86. The normalized spacial score (nSPS) is 12.1. The van der Waals surface area contributed by atoms with Crippen LogP contribution in [0.25, 0.3) is 12.2 Å². The van der Waals surface area contributed by atoms with Gasteiger partial charge >= 0.3 is 0 Å². The third-order valence-corrected chi connectivity index (χ3v) is 5.52. The van der Waals surface area contributed by atoms with E-state index in [2.05, 4.69) is 11.9 Å². The molecular formula is C24H25NO5S. The van der Waals surface area contributed by atoms with Crippen LogP contribution in [0.2, 0.25) is 0 Å². The summed E-state index contributed by atoms with van der Waals surface area (Å²) < 4.78 is 17.3. The quantitative estimate of drug-likeness (QED) is 0.409. The fraction of sp³-hybridized carbons (Fsp3) is 0.250. The number of hydrogen-bond donors (Lipinski definition) is 1. The first-order valence-corrected chi connectivity index (χ1v) is 10.8. The van der Waals surface area contributed by atoms with Crippen molar-refractivity contribution < 1.29 is 19.0 Å². The summed E-state index contributed by atoms with van der Waals surface area (Å²) in [6.07, 6.45) is 5.18. The Morgan fingerprint density at radius 2 is 1.84 bits per heavy atom. The van der Waals surface area contributed by atoms with Gasteiger partial charge in [-0.3, -0.25) is 9.59 Å². The minimum Gasteiger partial charge on any atom is -0.497 e. The third-order valence-electron chi connectivity index (χ3n) is 4.56. The third kappa shape index (κ3) is 5.86. The standard InChI is InChI=1S/C24H25NO5S/c1-4-5-12-30-21-13-16(6-11-20(21)29-3)14-22-24(27)25-23(31-22)15-19(26)17-7-9-18(28-2)10-8-17/h6-11,13-15H,4-5,12H2,1-3H3,(H,25,27)/b22-14-,23-15-. The minimum absolute atomic E-state index is 0.192. The molecule has 31 heavy (non-hydrogen) atoms. The molecule has 6 nitrogen and oxygen atoms in total. The second-order valence-electron chi connectivity index (χ2n) is 6.78. The molecule has 1 N–H and O–H groups in total. The average molecular weight is 440 g/mol. The van der Waals surface area contributed by atoms with Crippen LogP contribution in [0, 0.1) is 0 Å². The first-order valence-electron chi connectivity index (χ1n) is 9.96. The number of unbranched alkanes of at least 4 members (excludes halogenated alkanes) is 1. The van der Waals surface area contributed by atoms with Crippen molar-refractivity contribution in [2.45, 2.75) is 19.8 Å². The molecule has 0 atom stereocenters. The molecule has 0 radical (unpaired) electrons. The van der Waals surface area contributed by atoms with E-state index in [1.54, 1.807) is 44.6 Å². The first-order chi connectivity index (χ1) is 15.0. The van der Waals surface area contributed by atoms with Gasteiger partial charge in [-0.2, -0.15) is 0 Å². The molecule has 1 aromatic heterocycles. The Hall–Kier alpha value is -3.32. The molecule has 0 aliphatic heterocycles. The lowest BCUT2D eigenvalue weighted by atomic mass is 10.1. The van der Waals surface area contributed by atoms with Crippen LogP contribution in [0.5, 0.6) is 17.2 Å². The van der Waals surface area contributed by atoms with Gasteiger partial charge in [-0.1, -0.05) is 19.4 Å². The van der Waals surface area contributed by atoms with E-state index in [4.69, 9.17) is 14.2 Å². The molecule has 0 saturated carbocycles. The molecule has 0 amide bonds. The summed E-state index contributed by atoms with van der Waals surface area (Å²) in [4.78, 5) is 27.6. The highest BCUT2D eigenvalue weighted by molar-refractivity contribution is 7.07. The topological polar surface area (TPSA) is 77.6 Å². The van der Waals surface area contributed by atoms with E-state index in [0.29, 0.717) is 38.6 Å². The number of hydrogen-bond acceptors (Lipinski definition) is 6. The van der Waals surface area contributed by atoms with E-state index in [1.165, 1.54) is 17.4 Å². The molecule has 0 fully saturated rings. The van der Waals surface area contributed by atoms with Gasteiger partial charge < -0.3 is 19.2 Å². The van der Waals surface area contributed by atoms with Gasteiger partial charge in [-0.25, -0.2) is 0 Å². The molecule has 0 saturated heterocycles. The van der Waals surface area contributed by atoms with Crippen LogP contribution in [0.1, 0.15) is 35.7 Å². The van der Waals surface area contributed by atoms with Gasteiger partial charge in [0.15, 0.2) is 17.3 Å². The van der Waals surface area contributed by atoms with Gasteiger partial charge in [-0.05, 0) is 54.5 Å². The summed E-state index contributed by atoms with van der Waals surface area (Å²) in [6, 6.07) is 12.3. The number of thiazole rings is 1. The van der Waals surface area contributed by atoms with Gasteiger partial charge in [0, 0.05) is 11.6 Å². The average Bonchev–Trinajstić information content (AvgIpc) is 3.12. The Morgan fingerprint density at radius 1 is 1.06 bits per heavy atom. The van der Waals surface area contributed by atoms with Crippen molar-refractivity contribution in [3.63, 3.8) is 0 Å². The Labute approximate surface area is 184 Å². The summed E-state index contributed by atoms with van der Waals surface area (Å²) in [5, 5.41) is 0. The summed E-state index contributed by atoms with van der Waals surface area (Å²) in [5.74, 6) is 1.77. The van der Waals surface area contributed by atoms with E-state index in [1.807, 2.05) is 18.2 Å². The smallest absolute Gasteiger partial charge is 0.266 e. The molecule has 0 spiro atoms. The highest BCUT2D eigenvalue weighted by Crippen LogP contribution is 2.28. The van der Waals surface area contributed by atoms with Gasteiger partial charge in [0.05, 0.1) is 30.0 Å². The summed E-state index contributed by atoms with van der Waals surface area (Å²) in [7, 11) is 3.16. The van der Waals surface area contributed by atoms with Crippen molar-refractivity contribution in [1.82, 2.24) is 4.98 Å². The number of ketones is 1. The lowest BCUT2D eigenvalue weighted by molar-refractivity contribution is 0.106. The molecule has 1 heterocycles. The van der Waals surface area contributed by atoms with Crippen molar-refractivity contribution in [1.29, 1.82) is 0 Å². The Bertz CT molecular complexity index is 1210. The summed E-state index contributed by atoms with van der Waals surface area (Å²) >= 11 is 1.23. The molecule has 7 heteroatoms. The molecule has 3 aromatic rings. The number of benzene rings is 2. The Kier molecular flexibility index (Phi) is 7.67. The number of rotatable bonds is 9. The maximum absolute atomic E-state index is 12.5. The summed E-state index contributed by atoms with van der Waals surface area (Å²) in [6.45, 7) is 2.70. The van der Waals surface area contributed by atoms with Crippen molar-refractivity contribution >= 4 is 29.3 Å². The number of methoxy groups -OCH3 is 2. The van der Waals surface area contributed by atoms with Crippen LogP contribution in [-0.2, 0) is 0 Å². The van der Waals surface area contributed by atoms with Crippen LogP contribution in [-0.4, -0.2) is 31.6 Å². The van der Waals surface area contributed by atoms with Crippen LogP contribution in [0.3, 0.4) is 0 Å². The zero-order chi connectivity index (χ0) is 22.2. The number of ether oxygens (including phenoxy) is 3. The molecule has 0 unspecified atom stereocenters. The van der Waals surface area contributed by atoms with E-state index >= 15 is 0 Å². The van der Waals surface area contributed by atoms with Crippen LogP contribution < -0.4 is 29.0 Å². The number of aromatic amines is 1. The largest absolute Gasteiger partial charge is 0.497 e. The number of carbonyl (C=O) groups excluding carboxylic acids is 1. The lowest BCUT2D eigenvalue weighted by Gasteiger charge is -2.10. The molecule has 2 aromatic carbocycles. The number of aromatic nitrogens is 1. The minimum atomic E-state index is -0.247. The van der Waals surface area contributed by atoms with Gasteiger partial charge in [0.25, 0.3) is 5.56 Å². The van der Waals surface area contributed by atoms with Gasteiger partial charge in [-0.15, -0.1) is 11.3 Å². The fourth-order valence-corrected chi connectivity index (χ4v) is 3.74. The second kappa shape index (κ2) is 10.6. The Balaban J connectivity index is 1.89. The van der Waals surface area contributed by atoms with Crippen LogP contribution in [0.4, 0.5) is 0 Å². The van der Waals surface area contributed by atoms with Gasteiger partial charge in [0.1, 0.15) is 5.75 Å². The molecule has 0 aliphatic rings. The van der Waals surface area contributed by atoms with E-state index in [0.717, 1.165) is 18.4 Å². The molecular weight excluding hydrogens is 414 g/mol. The van der Waals surface area contributed by atoms with Crippen molar-refractivity contribution in [3.8, 4) is 17.2 Å². The van der Waals surface area contributed by atoms with Crippen molar-refractivity contribution in [2.24, 2.45) is 0 Å². The molecule has 162 valence electrons. The maximum Gasteiger partial charge on any atom is 0.266 e. The Morgan fingerprint density at radius 3 is 2.52 bits per heavy atom. The molecule has 3 rings (SSSR count). The lowest BCUT2D eigenvalue weighted by Crippen LogP contribution is -2.20. The van der Waals surface area contributed by atoms with Crippen LogP contribution in [0.15, 0.2) is 47.3 Å². The monoisotopic (exact) mass is 439 g/mol. The first kappa shape index (κ1) is 22.4. The maximum atomic E-state index is 12.5. The highest BCUT2D eigenvalue weighted by atomic mass is 32.1. The van der Waals surface area contributed by atoms with Crippen molar-refractivity contribution in [3.05, 3.63) is 73.1 Å². The number of Topliss-reactive ketones (excluding diaryl/α,β-unsaturated/α-hetero) is 1. The summed E-state index contributed by atoms with van der Waals surface area (Å²) in [5.41, 5.74) is 1.08. The zero-order valence-corrected chi connectivity index (χ0v) is 18.6. The van der Waals surface area contributed by atoms with Crippen LogP contribution >= 0.6 is 11.3 Å². The highest BCUT2D eigenvalue weighted by Gasteiger charge is 2.07. The predicted molar refractivity (Wildman–Crippen MR) is 123 cm³/mol.